The summed E-state index contributed by atoms with van der Waals surface area (Å²) in [6.07, 6.45) is 1.20. The summed E-state index contributed by atoms with van der Waals surface area (Å²) in [7, 11) is 0. The number of nitrogens with zero attached hydrogens (tertiary/aromatic N) is 1. The third kappa shape index (κ3) is 5.32. The van der Waals surface area contributed by atoms with Gasteiger partial charge in [-0.25, -0.2) is 0 Å². The zero-order chi connectivity index (χ0) is 25.0. The zero-order valence-corrected chi connectivity index (χ0v) is 21.7. The van der Waals surface area contributed by atoms with Crippen LogP contribution in [0.15, 0.2) is 115 Å². The summed E-state index contributed by atoms with van der Waals surface area (Å²) in [6.45, 7) is 6.60. The molecule has 2 heteroatoms. The molecule has 1 fully saturated rings. The quantitative estimate of drug-likeness (QED) is 0.252. The van der Waals surface area contributed by atoms with E-state index < -0.39 is 0 Å². The van der Waals surface area contributed by atoms with Gasteiger partial charge in [0.25, 0.3) is 0 Å². The first-order chi connectivity index (χ1) is 18.2. The van der Waals surface area contributed by atoms with Gasteiger partial charge in [0.15, 0.2) is 0 Å². The average Bonchev–Trinajstić information content (AvgIpc) is 2.96. The van der Waals surface area contributed by atoms with E-state index in [1.54, 1.807) is 0 Å². The molecule has 1 heterocycles. The fourth-order valence-corrected chi connectivity index (χ4v) is 6.26. The maximum absolute atomic E-state index is 3.94. The molecule has 2 nitrogen and oxygen atoms in total. The van der Waals surface area contributed by atoms with Crippen LogP contribution in [-0.4, -0.2) is 24.5 Å². The molecule has 0 aromatic heterocycles. The highest BCUT2D eigenvalue weighted by Gasteiger charge is 2.30. The Kier molecular flexibility index (Phi) is 7.03. The monoisotopic (exact) mass is 484 g/mol. The molecule has 0 bridgehead atoms. The molecule has 1 aliphatic heterocycles. The SMILES string of the molecule is C[C@@H](NCC1CN(Cc2ccc3ccccc3c2)CCC1c1ccccc1)c1cccc2ccccc12. The van der Waals surface area contributed by atoms with Gasteiger partial charge in [0.2, 0.25) is 0 Å². The molecule has 0 saturated carbocycles. The van der Waals surface area contributed by atoms with Gasteiger partial charge in [-0.2, -0.15) is 0 Å². The van der Waals surface area contributed by atoms with Crippen molar-refractivity contribution in [3.05, 3.63) is 132 Å². The highest BCUT2D eigenvalue weighted by molar-refractivity contribution is 5.86. The molecule has 5 aromatic carbocycles. The molecule has 2 unspecified atom stereocenters. The molecule has 37 heavy (non-hydrogen) atoms. The van der Waals surface area contributed by atoms with Gasteiger partial charge in [0.1, 0.15) is 0 Å². The van der Waals surface area contributed by atoms with E-state index in [-0.39, 0.29) is 0 Å². The molecule has 5 aromatic rings. The van der Waals surface area contributed by atoms with Crippen LogP contribution in [0.5, 0.6) is 0 Å². The normalized spacial score (nSPS) is 19.3. The van der Waals surface area contributed by atoms with E-state index in [1.807, 2.05) is 0 Å². The van der Waals surface area contributed by atoms with Crippen molar-refractivity contribution in [3.8, 4) is 0 Å². The van der Waals surface area contributed by atoms with Crippen molar-refractivity contribution in [2.45, 2.75) is 31.8 Å². The second kappa shape index (κ2) is 10.9. The summed E-state index contributed by atoms with van der Waals surface area (Å²) in [4.78, 5) is 2.67. The lowest BCUT2D eigenvalue weighted by Crippen LogP contribution is -2.43. The summed E-state index contributed by atoms with van der Waals surface area (Å²) < 4.78 is 0. The summed E-state index contributed by atoms with van der Waals surface area (Å²) in [5.41, 5.74) is 4.28. The Hall–Kier alpha value is -3.46. The second-order valence-corrected chi connectivity index (χ2v) is 10.7. The molecule has 1 N–H and O–H groups in total. The Morgan fingerprint density at radius 1 is 0.757 bits per heavy atom. The second-order valence-electron chi connectivity index (χ2n) is 10.7. The Labute approximate surface area is 220 Å². The third-order valence-corrected chi connectivity index (χ3v) is 8.24. The summed E-state index contributed by atoms with van der Waals surface area (Å²) in [5, 5.41) is 9.26. The van der Waals surface area contributed by atoms with Gasteiger partial charge in [-0.15, -0.1) is 0 Å². The molecule has 1 aliphatic rings. The molecule has 1 saturated heterocycles. The van der Waals surface area contributed by atoms with Crippen molar-refractivity contribution in [1.29, 1.82) is 0 Å². The van der Waals surface area contributed by atoms with Crippen LogP contribution in [-0.2, 0) is 6.54 Å². The first kappa shape index (κ1) is 23.9. The smallest absolute Gasteiger partial charge is 0.0298 e. The molecule has 0 aliphatic carbocycles. The van der Waals surface area contributed by atoms with E-state index in [9.17, 15) is 0 Å². The fraction of sp³-hybridized carbons (Fsp3) is 0.257. The molecular weight excluding hydrogens is 448 g/mol. The predicted molar refractivity (Wildman–Crippen MR) is 157 cm³/mol. The lowest BCUT2D eigenvalue weighted by molar-refractivity contribution is 0.143. The van der Waals surface area contributed by atoms with E-state index in [4.69, 9.17) is 0 Å². The van der Waals surface area contributed by atoms with Crippen molar-refractivity contribution in [3.63, 3.8) is 0 Å². The van der Waals surface area contributed by atoms with Crippen LogP contribution in [0.2, 0.25) is 0 Å². The van der Waals surface area contributed by atoms with E-state index in [0.29, 0.717) is 17.9 Å². The van der Waals surface area contributed by atoms with Crippen molar-refractivity contribution < 1.29 is 0 Å². The topological polar surface area (TPSA) is 15.3 Å². The van der Waals surface area contributed by atoms with Gasteiger partial charge in [0, 0.05) is 25.7 Å². The van der Waals surface area contributed by atoms with Crippen LogP contribution in [0.4, 0.5) is 0 Å². The van der Waals surface area contributed by atoms with Crippen LogP contribution in [0.1, 0.15) is 42.0 Å². The standard InChI is InChI=1S/C35H36N2/c1-26(33-17-9-15-30-13-7-8-16-35(30)33)36-23-32-25-37(21-20-34(32)29-11-3-2-4-12-29)24-27-18-19-28-10-5-6-14-31(28)22-27/h2-19,22,26,32,34,36H,20-21,23-25H2,1H3/t26-,32?,34?/m1/s1. The molecular formula is C35H36N2. The van der Waals surface area contributed by atoms with Crippen LogP contribution in [0.25, 0.3) is 21.5 Å². The molecule has 3 atom stereocenters. The maximum Gasteiger partial charge on any atom is 0.0298 e. The van der Waals surface area contributed by atoms with E-state index in [2.05, 4.69) is 132 Å². The fourth-order valence-electron chi connectivity index (χ4n) is 6.26. The highest BCUT2D eigenvalue weighted by Crippen LogP contribution is 2.34. The summed E-state index contributed by atoms with van der Waals surface area (Å²) >= 11 is 0. The van der Waals surface area contributed by atoms with Gasteiger partial charge in [-0.1, -0.05) is 109 Å². The maximum atomic E-state index is 3.94. The van der Waals surface area contributed by atoms with Crippen LogP contribution < -0.4 is 5.32 Å². The predicted octanol–water partition coefficient (Wildman–Crippen LogP) is 7.95. The highest BCUT2D eigenvalue weighted by atomic mass is 15.1. The number of nitrogens with one attached hydrogen (secondary N) is 1. The van der Waals surface area contributed by atoms with Crippen molar-refractivity contribution in [2.75, 3.05) is 19.6 Å². The van der Waals surface area contributed by atoms with Crippen LogP contribution in [0, 0.1) is 5.92 Å². The minimum atomic E-state index is 0.304. The number of benzene rings is 5. The number of hydrogen-bond acceptors (Lipinski definition) is 2. The Morgan fingerprint density at radius 3 is 2.35 bits per heavy atom. The minimum Gasteiger partial charge on any atom is -0.310 e. The van der Waals surface area contributed by atoms with Crippen molar-refractivity contribution in [2.24, 2.45) is 5.92 Å². The largest absolute Gasteiger partial charge is 0.310 e. The number of fused-ring (bicyclic) bond motifs is 2. The first-order valence-corrected chi connectivity index (χ1v) is 13.7. The Bertz CT molecular complexity index is 1470. The molecule has 0 amide bonds. The van der Waals surface area contributed by atoms with Crippen molar-refractivity contribution in [1.82, 2.24) is 10.2 Å². The number of piperidine rings is 1. The van der Waals surface area contributed by atoms with E-state index >= 15 is 0 Å². The zero-order valence-electron chi connectivity index (χ0n) is 21.7. The van der Waals surface area contributed by atoms with Gasteiger partial charge in [-0.05, 0) is 76.0 Å². The van der Waals surface area contributed by atoms with E-state index in [0.717, 1.165) is 26.2 Å². The van der Waals surface area contributed by atoms with Gasteiger partial charge in [0.05, 0.1) is 0 Å². The van der Waals surface area contributed by atoms with Gasteiger partial charge < -0.3 is 5.32 Å². The number of rotatable bonds is 7. The lowest BCUT2D eigenvalue weighted by Gasteiger charge is -2.39. The first-order valence-electron chi connectivity index (χ1n) is 13.7. The number of hydrogen-bond donors (Lipinski definition) is 1. The Balaban J connectivity index is 1.20. The minimum absolute atomic E-state index is 0.304. The summed E-state index contributed by atoms with van der Waals surface area (Å²) in [5.74, 6) is 1.15. The molecule has 186 valence electrons. The van der Waals surface area contributed by atoms with Crippen LogP contribution >= 0.6 is 0 Å². The Morgan fingerprint density at radius 2 is 1.49 bits per heavy atom. The average molecular weight is 485 g/mol. The molecule has 0 radical (unpaired) electrons. The molecule has 0 spiro atoms. The third-order valence-electron chi connectivity index (χ3n) is 8.24. The van der Waals surface area contributed by atoms with Crippen LogP contribution in [0.3, 0.4) is 0 Å². The molecule has 6 rings (SSSR count). The van der Waals surface area contributed by atoms with Gasteiger partial charge >= 0.3 is 0 Å². The summed E-state index contributed by atoms with van der Waals surface area (Å²) in [6, 6.07) is 42.5. The van der Waals surface area contributed by atoms with Crippen molar-refractivity contribution >= 4 is 21.5 Å². The number of likely N-dealkylation sites (tertiary alicyclic amines) is 1. The lowest BCUT2D eigenvalue weighted by atomic mass is 9.80. The van der Waals surface area contributed by atoms with E-state index in [1.165, 1.54) is 44.7 Å². The van der Waals surface area contributed by atoms with Gasteiger partial charge in [-0.3, -0.25) is 4.90 Å².